The number of para-hydroxylation sites is 2. The van der Waals surface area contributed by atoms with Gasteiger partial charge in [-0.1, -0.05) is 24.3 Å². The molecule has 1 heterocycles. The third-order valence-electron chi connectivity index (χ3n) is 5.16. The van der Waals surface area contributed by atoms with Crippen LogP contribution < -0.4 is 22.1 Å². The molecule has 6 N–H and O–H groups in total. The summed E-state index contributed by atoms with van der Waals surface area (Å²) in [6, 6.07) is 17.5. The van der Waals surface area contributed by atoms with Gasteiger partial charge < -0.3 is 22.1 Å². The number of hydrogen-bond donors (Lipinski definition) is 4. The highest BCUT2D eigenvalue weighted by atomic mass is 19.4. The summed E-state index contributed by atoms with van der Waals surface area (Å²) in [5.74, 6) is -1.14. The summed E-state index contributed by atoms with van der Waals surface area (Å²) < 4.78 is 38.3. The molecule has 0 spiro atoms. The fourth-order valence-corrected chi connectivity index (χ4v) is 3.22. The number of alkyl halides is 3. The molecule has 0 fully saturated rings. The number of nitrogens with two attached hydrogens (primary N) is 2. The predicted octanol–water partition coefficient (Wildman–Crippen LogP) is 3.63. The molecule has 184 valence electrons. The molecule has 4 rings (SSSR count). The average Bonchev–Trinajstić information content (AvgIpc) is 3.25. The topological polar surface area (TPSA) is 141 Å². The van der Waals surface area contributed by atoms with Crippen LogP contribution in [0.15, 0.2) is 72.8 Å². The fourth-order valence-electron chi connectivity index (χ4n) is 3.22. The van der Waals surface area contributed by atoms with E-state index in [0.29, 0.717) is 22.5 Å². The van der Waals surface area contributed by atoms with Gasteiger partial charge in [0.15, 0.2) is 11.5 Å². The normalized spacial score (nSPS) is 11.2. The van der Waals surface area contributed by atoms with Crippen molar-refractivity contribution in [2.24, 2.45) is 0 Å². The molecule has 0 atom stereocenters. The number of nitrogens with zero attached hydrogens (tertiary/aromatic N) is 3. The number of nitrogen functional groups attached to an aromatic ring is 2. The molecule has 0 saturated heterocycles. The Labute approximate surface area is 202 Å². The zero-order chi connectivity index (χ0) is 25.9. The minimum atomic E-state index is -4.47. The first kappa shape index (κ1) is 24.3. The number of carbonyl (C=O) groups excluding carboxylic acids is 2. The van der Waals surface area contributed by atoms with E-state index >= 15 is 0 Å². The third-order valence-corrected chi connectivity index (χ3v) is 5.16. The Balaban J connectivity index is 1.37. The van der Waals surface area contributed by atoms with Gasteiger partial charge in [-0.2, -0.15) is 13.2 Å². The Morgan fingerprint density at radius 3 is 2.17 bits per heavy atom. The number of aromatic nitrogens is 3. The molecule has 0 saturated carbocycles. The highest BCUT2D eigenvalue weighted by Gasteiger charge is 2.30. The lowest BCUT2D eigenvalue weighted by atomic mass is 10.1. The van der Waals surface area contributed by atoms with Crippen LogP contribution in [0.3, 0.4) is 0 Å². The summed E-state index contributed by atoms with van der Waals surface area (Å²) in [5.41, 5.74) is 12.9. The van der Waals surface area contributed by atoms with E-state index < -0.39 is 17.6 Å². The number of anilines is 3. The van der Waals surface area contributed by atoms with E-state index in [1.54, 1.807) is 48.5 Å². The number of amides is 2. The first-order chi connectivity index (χ1) is 17.1. The molecule has 0 unspecified atom stereocenters. The van der Waals surface area contributed by atoms with Crippen molar-refractivity contribution < 1.29 is 22.8 Å². The number of halogens is 3. The van der Waals surface area contributed by atoms with E-state index in [1.165, 1.54) is 12.1 Å². The van der Waals surface area contributed by atoms with Crippen molar-refractivity contribution in [1.82, 2.24) is 20.3 Å². The Hall–Kier alpha value is -4.87. The molecule has 3 aromatic carbocycles. The minimum Gasteiger partial charge on any atom is -0.397 e. The monoisotopic (exact) mass is 495 g/mol. The van der Waals surface area contributed by atoms with E-state index in [-0.39, 0.29) is 29.7 Å². The molecule has 4 aromatic rings. The number of carbonyl (C=O) groups is 2. The number of rotatable bonds is 6. The summed E-state index contributed by atoms with van der Waals surface area (Å²) in [7, 11) is 0. The Morgan fingerprint density at radius 1 is 0.861 bits per heavy atom. The summed E-state index contributed by atoms with van der Waals surface area (Å²) in [5, 5.41) is 13.3. The van der Waals surface area contributed by atoms with Crippen LogP contribution in [0.25, 0.3) is 5.69 Å². The highest BCUT2D eigenvalue weighted by molar-refractivity contribution is 6.05. The maximum absolute atomic E-state index is 12.8. The molecule has 1 aromatic heterocycles. The number of hydrogen-bond acceptors (Lipinski definition) is 6. The van der Waals surface area contributed by atoms with Crippen LogP contribution in [-0.4, -0.2) is 26.8 Å². The standard InChI is InChI=1S/C24H20F3N7O2/c25-24(26,27)16-9-11-17(12-10-16)34-32-20(21(29)33-34)23(36)30-13-14-5-7-15(8-6-14)22(35)31-19-4-2-1-3-18(19)28/h1-12H,13,28H2,(H2,29,33)(H,30,36)(H,31,35). The minimum absolute atomic E-state index is 0.110. The molecule has 9 nitrogen and oxygen atoms in total. The lowest BCUT2D eigenvalue weighted by molar-refractivity contribution is -0.137. The van der Waals surface area contributed by atoms with Crippen molar-refractivity contribution in [1.29, 1.82) is 0 Å². The molecule has 0 aliphatic heterocycles. The summed E-state index contributed by atoms with van der Waals surface area (Å²) in [6.07, 6.45) is -4.47. The molecule has 0 aliphatic rings. The molecular weight excluding hydrogens is 475 g/mol. The zero-order valence-electron chi connectivity index (χ0n) is 18.6. The summed E-state index contributed by atoms with van der Waals surface area (Å²) in [4.78, 5) is 26.0. The van der Waals surface area contributed by atoms with Crippen LogP contribution in [0.1, 0.15) is 32.0 Å². The van der Waals surface area contributed by atoms with Gasteiger partial charge in [0.25, 0.3) is 11.8 Å². The lowest BCUT2D eigenvalue weighted by Gasteiger charge is -2.09. The first-order valence-electron chi connectivity index (χ1n) is 10.6. The summed E-state index contributed by atoms with van der Waals surface area (Å²) in [6.45, 7) is 0.110. The van der Waals surface area contributed by atoms with Crippen LogP contribution in [-0.2, 0) is 12.7 Å². The van der Waals surface area contributed by atoms with Gasteiger partial charge in [-0.05, 0) is 54.1 Å². The molecule has 0 bridgehead atoms. The van der Waals surface area contributed by atoms with Gasteiger partial charge >= 0.3 is 6.18 Å². The van der Waals surface area contributed by atoms with Crippen LogP contribution >= 0.6 is 0 Å². The van der Waals surface area contributed by atoms with Gasteiger partial charge in [0.05, 0.1) is 22.6 Å². The van der Waals surface area contributed by atoms with E-state index in [0.717, 1.165) is 16.9 Å². The molecule has 12 heteroatoms. The van der Waals surface area contributed by atoms with Crippen molar-refractivity contribution in [3.8, 4) is 5.69 Å². The summed E-state index contributed by atoms with van der Waals surface area (Å²) >= 11 is 0. The van der Waals surface area contributed by atoms with Gasteiger partial charge in [0.1, 0.15) is 0 Å². The van der Waals surface area contributed by atoms with Crippen LogP contribution in [0, 0.1) is 0 Å². The van der Waals surface area contributed by atoms with Crippen molar-refractivity contribution >= 4 is 29.0 Å². The third kappa shape index (κ3) is 5.43. The Bertz CT molecular complexity index is 1400. The number of benzene rings is 3. The van der Waals surface area contributed by atoms with Crippen molar-refractivity contribution in [3.05, 3.63) is 95.2 Å². The first-order valence-corrected chi connectivity index (χ1v) is 10.6. The van der Waals surface area contributed by atoms with E-state index in [2.05, 4.69) is 20.8 Å². The smallest absolute Gasteiger partial charge is 0.397 e. The van der Waals surface area contributed by atoms with Crippen LogP contribution in [0.4, 0.5) is 30.4 Å². The van der Waals surface area contributed by atoms with Crippen molar-refractivity contribution in [2.75, 3.05) is 16.8 Å². The SMILES string of the molecule is Nc1ccccc1NC(=O)c1ccc(CNC(=O)c2nn(-c3ccc(C(F)(F)F)cc3)nc2N)cc1. The molecular formula is C24H20F3N7O2. The number of nitrogens with one attached hydrogen (secondary N) is 2. The predicted molar refractivity (Wildman–Crippen MR) is 127 cm³/mol. The van der Waals surface area contributed by atoms with Crippen molar-refractivity contribution in [2.45, 2.75) is 12.7 Å². The Kier molecular flexibility index (Phi) is 6.59. The van der Waals surface area contributed by atoms with Crippen molar-refractivity contribution in [3.63, 3.8) is 0 Å². The van der Waals surface area contributed by atoms with E-state index in [1.807, 2.05) is 0 Å². The van der Waals surface area contributed by atoms with Gasteiger partial charge in [-0.3, -0.25) is 9.59 Å². The average molecular weight is 495 g/mol. The van der Waals surface area contributed by atoms with Crippen LogP contribution in [0.5, 0.6) is 0 Å². The molecule has 0 radical (unpaired) electrons. The molecule has 36 heavy (non-hydrogen) atoms. The van der Waals surface area contributed by atoms with E-state index in [4.69, 9.17) is 11.5 Å². The zero-order valence-corrected chi connectivity index (χ0v) is 18.6. The fraction of sp³-hybridized carbons (Fsp3) is 0.0833. The van der Waals surface area contributed by atoms with Gasteiger partial charge in [-0.25, -0.2) is 0 Å². The second-order valence-electron chi connectivity index (χ2n) is 7.69. The molecule has 0 aliphatic carbocycles. The van der Waals surface area contributed by atoms with Gasteiger partial charge in [0, 0.05) is 12.1 Å². The van der Waals surface area contributed by atoms with Gasteiger partial charge in [-0.15, -0.1) is 15.0 Å². The maximum Gasteiger partial charge on any atom is 0.416 e. The lowest BCUT2D eigenvalue weighted by Crippen LogP contribution is -2.24. The molecule has 2 amide bonds. The highest BCUT2D eigenvalue weighted by Crippen LogP contribution is 2.29. The maximum atomic E-state index is 12.8. The second-order valence-corrected chi connectivity index (χ2v) is 7.69. The quantitative estimate of drug-likeness (QED) is 0.301. The Morgan fingerprint density at radius 2 is 1.53 bits per heavy atom. The van der Waals surface area contributed by atoms with Gasteiger partial charge in [0.2, 0.25) is 0 Å². The van der Waals surface area contributed by atoms with Crippen LogP contribution in [0.2, 0.25) is 0 Å². The van der Waals surface area contributed by atoms with E-state index in [9.17, 15) is 22.8 Å². The largest absolute Gasteiger partial charge is 0.416 e. The second kappa shape index (κ2) is 9.78.